The van der Waals surface area contributed by atoms with Gasteiger partial charge >= 0.3 is 0 Å². The second-order valence-corrected chi connectivity index (χ2v) is 6.83. The smallest absolute Gasteiger partial charge is 0.225 e. The fourth-order valence-corrected chi connectivity index (χ4v) is 2.51. The Bertz CT molecular complexity index is 399. The van der Waals surface area contributed by atoms with E-state index in [0.29, 0.717) is 0 Å². The van der Waals surface area contributed by atoms with E-state index in [9.17, 15) is 0 Å². The Kier molecular flexibility index (Phi) is 4.97. The molecule has 0 aliphatic carbocycles. The van der Waals surface area contributed by atoms with Gasteiger partial charge in [0.05, 0.1) is 0 Å². The van der Waals surface area contributed by atoms with Gasteiger partial charge in [0.15, 0.2) is 0 Å². The molecule has 112 valence electrons. The topological polar surface area (TPSA) is 41.1 Å². The average molecular weight is 276 g/mol. The van der Waals surface area contributed by atoms with Crippen LogP contribution in [0.5, 0.6) is 0 Å². The molecule has 4 nitrogen and oxygen atoms in total. The quantitative estimate of drug-likeness (QED) is 0.918. The lowest BCUT2D eigenvalue weighted by Crippen LogP contribution is -2.36. The molecule has 2 rings (SSSR count). The van der Waals surface area contributed by atoms with Crippen LogP contribution in [-0.4, -0.2) is 28.6 Å². The summed E-state index contributed by atoms with van der Waals surface area (Å²) in [6.07, 6.45) is 7.74. The SMILES string of the molecule is CCC1CCN(c2ncc(CNC(C)(C)C)cn2)CC1. The van der Waals surface area contributed by atoms with Crippen molar-refractivity contribution < 1.29 is 0 Å². The highest BCUT2D eigenvalue weighted by atomic mass is 15.2. The summed E-state index contributed by atoms with van der Waals surface area (Å²) in [4.78, 5) is 11.4. The zero-order valence-electron chi connectivity index (χ0n) is 13.3. The minimum atomic E-state index is 0.126. The summed E-state index contributed by atoms with van der Waals surface area (Å²) in [5.74, 6) is 1.78. The first-order chi connectivity index (χ1) is 9.48. The van der Waals surface area contributed by atoms with Crippen LogP contribution in [0.3, 0.4) is 0 Å². The number of anilines is 1. The van der Waals surface area contributed by atoms with Crippen molar-refractivity contribution in [3.05, 3.63) is 18.0 Å². The highest BCUT2D eigenvalue weighted by Crippen LogP contribution is 2.22. The Morgan fingerprint density at radius 2 is 1.80 bits per heavy atom. The molecule has 4 heteroatoms. The van der Waals surface area contributed by atoms with Crippen LogP contribution in [0.2, 0.25) is 0 Å². The molecule has 0 saturated carbocycles. The second kappa shape index (κ2) is 6.53. The molecule has 0 amide bonds. The summed E-state index contributed by atoms with van der Waals surface area (Å²) < 4.78 is 0. The van der Waals surface area contributed by atoms with Gasteiger partial charge in [-0.3, -0.25) is 0 Å². The Hall–Kier alpha value is -1.16. The van der Waals surface area contributed by atoms with Gasteiger partial charge in [0, 0.05) is 43.1 Å². The molecular formula is C16H28N4. The number of rotatable bonds is 4. The van der Waals surface area contributed by atoms with Crippen molar-refractivity contribution in [3.8, 4) is 0 Å². The van der Waals surface area contributed by atoms with Gasteiger partial charge in [0.2, 0.25) is 5.95 Å². The predicted octanol–water partition coefficient (Wildman–Crippen LogP) is 2.99. The van der Waals surface area contributed by atoms with Crippen LogP contribution in [-0.2, 0) is 6.54 Å². The molecule has 0 unspecified atom stereocenters. The van der Waals surface area contributed by atoms with E-state index in [1.54, 1.807) is 0 Å². The number of piperidine rings is 1. The molecule has 0 spiro atoms. The highest BCUT2D eigenvalue weighted by Gasteiger charge is 2.19. The van der Waals surface area contributed by atoms with Gasteiger partial charge in [-0.05, 0) is 39.5 Å². The van der Waals surface area contributed by atoms with Crippen LogP contribution in [0.15, 0.2) is 12.4 Å². The van der Waals surface area contributed by atoms with Gasteiger partial charge in [-0.2, -0.15) is 0 Å². The molecule has 1 aromatic rings. The maximum absolute atomic E-state index is 4.53. The molecule has 0 bridgehead atoms. The van der Waals surface area contributed by atoms with Gasteiger partial charge < -0.3 is 10.2 Å². The number of aromatic nitrogens is 2. The van der Waals surface area contributed by atoms with Gasteiger partial charge in [0.1, 0.15) is 0 Å². The summed E-state index contributed by atoms with van der Waals surface area (Å²) >= 11 is 0. The van der Waals surface area contributed by atoms with E-state index in [1.165, 1.54) is 19.3 Å². The average Bonchev–Trinajstić information content (AvgIpc) is 2.45. The Morgan fingerprint density at radius 3 is 2.30 bits per heavy atom. The van der Waals surface area contributed by atoms with Gasteiger partial charge in [-0.1, -0.05) is 13.3 Å². The van der Waals surface area contributed by atoms with Crippen molar-refractivity contribution in [1.82, 2.24) is 15.3 Å². The number of nitrogens with zero attached hydrogens (tertiary/aromatic N) is 3. The zero-order chi connectivity index (χ0) is 14.6. The summed E-state index contributed by atoms with van der Waals surface area (Å²) in [5, 5.41) is 3.46. The summed E-state index contributed by atoms with van der Waals surface area (Å²) in [6.45, 7) is 11.8. The summed E-state index contributed by atoms with van der Waals surface area (Å²) in [7, 11) is 0. The Morgan fingerprint density at radius 1 is 1.20 bits per heavy atom. The summed E-state index contributed by atoms with van der Waals surface area (Å²) in [6, 6.07) is 0. The third-order valence-corrected chi connectivity index (χ3v) is 3.99. The van der Waals surface area contributed by atoms with Crippen LogP contribution in [0.1, 0.15) is 52.5 Å². The van der Waals surface area contributed by atoms with Gasteiger partial charge in [0.25, 0.3) is 0 Å². The minimum absolute atomic E-state index is 0.126. The molecular weight excluding hydrogens is 248 g/mol. The minimum Gasteiger partial charge on any atom is -0.341 e. The second-order valence-electron chi connectivity index (χ2n) is 6.83. The first-order valence-corrected chi connectivity index (χ1v) is 7.79. The highest BCUT2D eigenvalue weighted by molar-refractivity contribution is 5.30. The van der Waals surface area contributed by atoms with E-state index in [-0.39, 0.29) is 5.54 Å². The lowest BCUT2D eigenvalue weighted by Gasteiger charge is -2.31. The Balaban J connectivity index is 1.88. The van der Waals surface area contributed by atoms with Crippen molar-refractivity contribution in [3.63, 3.8) is 0 Å². The molecule has 1 saturated heterocycles. The maximum atomic E-state index is 4.53. The van der Waals surface area contributed by atoms with E-state index in [0.717, 1.165) is 37.1 Å². The van der Waals surface area contributed by atoms with Crippen LogP contribution in [0.4, 0.5) is 5.95 Å². The van der Waals surface area contributed by atoms with Gasteiger partial charge in [-0.25, -0.2) is 9.97 Å². The summed E-state index contributed by atoms with van der Waals surface area (Å²) in [5.41, 5.74) is 1.27. The maximum Gasteiger partial charge on any atom is 0.225 e. The largest absolute Gasteiger partial charge is 0.341 e. The van der Waals surface area contributed by atoms with E-state index in [4.69, 9.17) is 0 Å². The molecule has 2 heterocycles. The molecule has 20 heavy (non-hydrogen) atoms. The molecule has 0 atom stereocenters. The van der Waals surface area contributed by atoms with Crippen molar-refractivity contribution in [1.29, 1.82) is 0 Å². The predicted molar refractivity (Wildman–Crippen MR) is 83.9 cm³/mol. The van der Waals surface area contributed by atoms with E-state index >= 15 is 0 Å². The standard InChI is InChI=1S/C16H28N4/c1-5-13-6-8-20(9-7-13)15-17-10-14(11-18-15)12-19-16(2,3)4/h10-11,13,19H,5-9,12H2,1-4H3. The van der Waals surface area contributed by atoms with Crippen LogP contribution in [0.25, 0.3) is 0 Å². The van der Waals surface area contributed by atoms with Crippen molar-refractivity contribution in [2.45, 2.75) is 59.0 Å². The van der Waals surface area contributed by atoms with Crippen LogP contribution >= 0.6 is 0 Å². The van der Waals surface area contributed by atoms with Gasteiger partial charge in [-0.15, -0.1) is 0 Å². The number of hydrogen-bond acceptors (Lipinski definition) is 4. The fourth-order valence-electron chi connectivity index (χ4n) is 2.51. The van der Waals surface area contributed by atoms with Crippen molar-refractivity contribution in [2.24, 2.45) is 5.92 Å². The monoisotopic (exact) mass is 276 g/mol. The number of hydrogen-bond donors (Lipinski definition) is 1. The molecule has 1 aliphatic heterocycles. The van der Waals surface area contributed by atoms with Crippen molar-refractivity contribution >= 4 is 5.95 Å². The molecule has 0 aromatic carbocycles. The molecule has 1 aliphatic rings. The zero-order valence-corrected chi connectivity index (χ0v) is 13.3. The third-order valence-electron chi connectivity index (χ3n) is 3.99. The molecule has 1 fully saturated rings. The Labute approximate surface area is 123 Å². The molecule has 1 N–H and O–H groups in total. The molecule has 1 aromatic heterocycles. The molecule has 0 radical (unpaired) electrons. The van der Waals surface area contributed by atoms with E-state index in [2.05, 4.69) is 47.9 Å². The van der Waals surface area contributed by atoms with Crippen LogP contribution < -0.4 is 10.2 Å². The van der Waals surface area contributed by atoms with E-state index < -0.39 is 0 Å². The number of nitrogens with one attached hydrogen (secondary N) is 1. The van der Waals surface area contributed by atoms with E-state index in [1.807, 2.05) is 12.4 Å². The first kappa shape index (κ1) is 15.2. The van der Waals surface area contributed by atoms with Crippen LogP contribution in [0, 0.1) is 5.92 Å². The first-order valence-electron chi connectivity index (χ1n) is 7.79. The lowest BCUT2D eigenvalue weighted by atomic mass is 9.95. The third kappa shape index (κ3) is 4.44. The normalized spacial score (nSPS) is 17.5. The fraction of sp³-hybridized carbons (Fsp3) is 0.750. The van der Waals surface area contributed by atoms with Crippen molar-refractivity contribution in [2.75, 3.05) is 18.0 Å². The lowest BCUT2D eigenvalue weighted by molar-refractivity contribution is 0.392.